The van der Waals surface area contributed by atoms with Crippen LogP contribution in [0.1, 0.15) is 25.8 Å². The van der Waals surface area contributed by atoms with Gasteiger partial charge in [0.05, 0.1) is 0 Å². The summed E-state index contributed by atoms with van der Waals surface area (Å²) in [5.74, 6) is 0.623. The van der Waals surface area contributed by atoms with E-state index < -0.39 is 0 Å². The van der Waals surface area contributed by atoms with Gasteiger partial charge in [0.25, 0.3) is 0 Å². The van der Waals surface area contributed by atoms with Crippen LogP contribution in [0.3, 0.4) is 0 Å². The lowest BCUT2D eigenvalue weighted by Gasteiger charge is -2.36. The van der Waals surface area contributed by atoms with Crippen LogP contribution in [-0.2, 0) is 0 Å². The summed E-state index contributed by atoms with van der Waals surface area (Å²) in [5.41, 5.74) is 2.48. The number of benzene rings is 1. The molecule has 1 aromatic carbocycles. The van der Waals surface area contributed by atoms with Gasteiger partial charge < -0.3 is 15.1 Å². The Labute approximate surface area is 142 Å². The highest BCUT2D eigenvalue weighted by Crippen LogP contribution is 2.23. The number of carbonyl (C=O) groups is 1. The Morgan fingerprint density at radius 1 is 1.27 bits per heavy atom. The summed E-state index contributed by atoms with van der Waals surface area (Å²) in [4.78, 5) is 16.4. The van der Waals surface area contributed by atoms with Crippen molar-refractivity contribution in [1.29, 1.82) is 0 Å². The van der Waals surface area contributed by atoms with Gasteiger partial charge in [-0.2, -0.15) is 0 Å². The van der Waals surface area contributed by atoms with E-state index in [1.54, 1.807) is 0 Å². The van der Waals surface area contributed by atoms with E-state index >= 15 is 0 Å². The van der Waals surface area contributed by atoms with Gasteiger partial charge in [0.1, 0.15) is 0 Å². The molecule has 22 heavy (non-hydrogen) atoms. The zero-order valence-corrected chi connectivity index (χ0v) is 15.3. The zero-order valence-electron chi connectivity index (χ0n) is 13.7. The van der Waals surface area contributed by atoms with Crippen molar-refractivity contribution in [3.8, 4) is 0 Å². The molecule has 0 saturated carbocycles. The van der Waals surface area contributed by atoms with E-state index in [1.807, 2.05) is 4.90 Å². The third-order valence-electron chi connectivity index (χ3n) is 4.07. The first kappa shape index (κ1) is 17.1. The van der Waals surface area contributed by atoms with E-state index in [4.69, 9.17) is 0 Å². The molecule has 0 atom stereocenters. The standard InChI is InChI=1S/C17H26BrN3O/c1-13(2)6-7-19-17(22)21-10-8-20(9-11-21)15-4-5-16(18)14(3)12-15/h4-5,12-13H,6-11H2,1-3H3,(H,19,22). The molecule has 0 spiro atoms. The van der Waals surface area contributed by atoms with E-state index in [2.05, 4.69) is 65.1 Å². The normalized spacial score (nSPS) is 15.3. The monoisotopic (exact) mass is 367 g/mol. The summed E-state index contributed by atoms with van der Waals surface area (Å²) in [6.45, 7) is 10.5. The maximum Gasteiger partial charge on any atom is 0.317 e. The number of carbonyl (C=O) groups excluding carboxylic acids is 1. The predicted molar refractivity (Wildman–Crippen MR) is 95.5 cm³/mol. The Bertz CT molecular complexity index is 511. The number of nitrogens with zero attached hydrogens (tertiary/aromatic N) is 2. The van der Waals surface area contributed by atoms with Gasteiger partial charge >= 0.3 is 6.03 Å². The van der Waals surface area contributed by atoms with E-state index in [1.165, 1.54) is 11.3 Å². The number of halogens is 1. The number of amides is 2. The molecule has 1 N–H and O–H groups in total. The molecule has 4 nitrogen and oxygen atoms in total. The second-order valence-electron chi connectivity index (χ2n) is 6.32. The van der Waals surface area contributed by atoms with Gasteiger partial charge in [0.2, 0.25) is 0 Å². The molecule has 5 heteroatoms. The van der Waals surface area contributed by atoms with Crippen LogP contribution in [0.25, 0.3) is 0 Å². The highest BCUT2D eigenvalue weighted by molar-refractivity contribution is 9.10. The number of piperazine rings is 1. The minimum Gasteiger partial charge on any atom is -0.368 e. The third kappa shape index (κ3) is 4.63. The minimum atomic E-state index is 0.0762. The van der Waals surface area contributed by atoms with E-state index in [-0.39, 0.29) is 6.03 Å². The van der Waals surface area contributed by atoms with Crippen molar-refractivity contribution in [3.63, 3.8) is 0 Å². The molecule has 0 unspecified atom stereocenters. The average Bonchev–Trinajstić information content (AvgIpc) is 2.50. The second-order valence-corrected chi connectivity index (χ2v) is 7.18. The largest absolute Gasteiger partial charge is 0.368 e. The van der Waals surface area contributed by atoms with Gasteiger partial charge in [-0.25, -0.2) is 4.79 Å². The summed E-state index contributed by atoms with van der Waals surface area (Å²) >= 11 is 3.54. The molecule has 0 aromatic heterocycles. The molecule has 1 heterocycles. The summed E-state index contributed by atoms with van der Waals surface area (Å²) in [5, 5.41) is 3.02. The zero-order chi connectivity index (χ0) is 16.1. The fourth-order valence-corrected chi connectivity index (χ4v) is 2.82. The fourth-order valence-electron chi connectivity index (χ4n) is 2.57. The van der Waals surface area contributed by atoms with Crippen molar-refractivity contribution in [1.82, 2.24) is 10.2 Å². The first-order valence-electron chi connectivity index (χ1n) is 8.01. The lowest BCUT2D eigenvalue weighted by molar-refractivity contribution is 0.194. The van der Waals surface area contributed by atoms with E-state index in [0.717, 1.165) is 43.6 Å². The molecule has 0 aliphatic carbocycles. The quantitative estimate of drug-likeness (QED) is 0.881. The van der Waals surface area contributed by atoms with Crippen molar-refractivity contribution in [2.24, 2.45) is 5.92 Å². The number of hydrogen-bond acceptors (Lipinski definition) is 2. The second kappa shape index (κ2) is 7.86. The van der Waals surface area contributed by atoms with Crippen LogP contribution < -0.4 is 10.2 Å². The summed E-state index contributed by atoms with van der Waals surface area (Å²) in [6.07, 6.45) is 1.03. The molecule has 0 radical (unpaired) electrons. The third-order valence-corrected chi connectivity index (χ3v) is 4.96. The van der Waals surface area contributed by atoms with Crippen LogP contribution in [-0.4, -0.2) is 43.7 Å². The van der Waals surface area contributed by atoms with Gasteiger partial charge in [0.15, 0.2) is 0 Å². The first-order valence-corrected chi connectivity index (χ1v) is 8.80. The number of hydrogen-bond donors (Lipinski definition) is 1. The van der Waals surface area contributed by atoms with Crippen LogP contribution in [0.4, 0.5) is 10.5 Å². The van der Waals surface area contributed by atoms with Gasteiger partial charge in [-0.15, -0.1) is 0 Å². The van der Waals surface area contributed by atoms with Crippen molar-refractivity contribution >= 4 is 27.6 Å². The highest BCUT2D eigenvalue weighted by Gasteiger charge is 2.21. The van der Waals surface area contributed by atoms with Gasteiger partial charge in [-0.1, -0.05) is 29.8 Å². The van der Waals surface area contributed by atoms with E-state index in [9.17, 15) is 4.79 Å². The molecule has 1 aliphatic rings. The number of rotatable bonds is 4. The average molecular weight is 368 g/mol. The summed E-state index contributed by atoms with van der Waals surface area (Å²) < 4.78 is 1.14. The predicted octanol–water partition coefficient (Wildman–Crippen LogP) is 3.64. The van der Waals surface area contributed by atoms with Crippen LogP contribution >= 0.6 is 15.9 Å². The molecule has 1 fully saturated rings. The maximum absolute atomic E-state index is 12.1. The van der Waals surface area contributed by atoms with Crippen LogP contribution in [0.15, 0.2) is 22.7 Å². The lowest BCUT2D eigenvalue weighted by atomic mass is 10.1. The summed E-state index contributed by atoms with van der Waals surface area (Å²) in [6, 6.07) is 6.50. The highest BCUT2D eigenvalue weighted by atomic mass is 79.9. The van der Waals surface area contributed by atoms with Gasteiger partial charge in [0, 0.05) is 42.9 Å². The fraction of sp³-hybridized carbons (Fsp3) is 0.588. The van der Waals surface area contributed by atoms with E-state index in [0.29, 0.717) is 5.92 Å². The van der Waals surface area contributed by atoms with Crippen molar-refractivity contribution in [2.75, 3.05) is 37.6 Å². The SMILES string of the molecule is Cc1cc(N2CCN(C(=O)NCCC(C)C)CC2)ccc1Br. The molecular weight excluding hydrogens is 342 g/mol. The Balaban J connectivity index is 1.82. The summed E-state index contributed by atoms with van der Waals surface area (Å²) in [7, 11) is 0. The topological polar surface area (TPSA) is 35.6 Å². The number of anilines is 1. The van der Waals surface area contributed by atoms with Crippen molar-refractivity contribution in [2.45, 2.75) is 27.2 Å². The number of nitrogens with one attached hydrogen (secondary N) is 1. The lowest BCUT2D eigenvalue weighted by Crippen LogP contribution is -2.52. The molecule has 2 rings (SSSR count). The number of aryl methyl sites for hydroxylation is 1. The van der Waals surface area contributed by atoms with Crippen molar-refractivity contribution < 1.29 is 4.79 Å². The Morgan fingerprint density at radius 2 is 1.95 bits per heavy atom. The molecular formula is C17H26BrN3O. The molecule has 1 aliphatic heterocycles. The molecule has 1 aromatic rings. The van der Waals surface area contributed by atoms with Crippen molar-refractivity contribution in [3.05, 3.63) is 28.2 Å². The van der Waals surface area contributed by atoms with Crippen LogP contribution in [0.5, 0.6) is 0 Å². The Kier molecular flexibility index (Phi) is 6.12. The Hall–Kier alpha value is -1.23. The molecule has 122 valence electrons. The molecule has 1 saturated heterocycles. The molecule has 2 amide bonds. The minimum absolute atomic E-state index is 0.0762. The van der Waals surface area contributed by atoms with Crippen LogP contribution in [0.2, 0.25) is 0 Å². The van der Waals surface area contributed by atoms with Crippen LogP contribution in [0, 0.1) is 12.8 Å². The van der Waals surface area contributed by atoms with Gasteiger partial charge in [-0.05, 0) is 43.0 Å². The molecule has 0 bridgehead atoms. The smallest absolute Gasteiger partial charge is 0.317 e. The maximum atomic E-state index is 12.1. The first-order chi connectivity index (χ1) is 10.5. The number of urea groups is 1. The Morgan fingerprint density at radius 3 is 2.55 bits per heavy atom. The van der Waals surface area contributed by atoms with Gasteiger partial charge in [-0.3, -0.25) is 0 Å².